The zero-order valence-corrected chi connectivity index (χ0v) is 8.77. The number of carbonyl (C=O) groups is 1. The van der Waals surface area contributed by atoms with Gasteiger partial charge in [0.15, 0.2) is 0 Å². The van der Waals surface area contributed by atoms with Gasteiger partial charge in [0.05, 0.1) is 12.7 Å². The highest BCUT2D eigenvalue weighted by atomic mass is 19.1. The van der Waals surface area contributed by atoms with E-state index in [1.807, 2.05) is 0 Å². The minimum Gasteiger partial charge on any atom is -0.466 e. The summed E-state index contributed by atoms with van der Waals surface area (Å²) in [4.78, 5) is 18.7. The van der Waals surface area contributed by atoms with Crippen molar-refractivity contribution in [2.45, 2.75) is 0 Å². The number of nitrogens with zero attached hydrogens (tertiary/aromatic N) is 3. The minimum atomic E-state index is -0.850. The largest absolute Gasteiger partial charge is 0.466 e. The highest BCUT2D eigenvalue weighted by Gasteiger charge is 2.14. The molecule has 0 spiro atoms. The lowest BCUT2D eigenvalue weighted by molar-refractivity contribution is 0.102. The molecule has 8 heteroatoms. The fourth-order valence-corrected chi connectivity index (χ4v) is 1.12. The third-order valence-corrected chi connectivity index (χ3v) is 1.88. The minimum absolute atomic E-state index is 0.0649. The Balaban J connectivity index is 2.14. The van der Waals surface area contributed by atoms with Crippen LogP contribution in [-0.4, -0.2) is 33.2 Å². The second kappa shape index (κ2) is 4.56. The summed E-state index contributed by atoms with van der Waals surface area (Å²) in [5.41, 5.74) is -0.178. The number of carbonyl (C=O) groups excluding carboxylic acids is 1. The van der Waals surface area contributed by atoms with Crippen LogP contribution in [0.1, 0.15) is 10.4 Å². The molecule has 7 nitrogen and oxygen atoms in total. The van der Waals surface area contributed by atoms with Crippen LogP contribution in [0.15, 0.2) is 18.3 Å². The van der Waals surface area contributed by atoms with Gasteiger partial charge in [-0.25, -0.2) is 10.1 Å². The van der Waals surface area contributed by atoms with Crippen LogP contribution in [-0.2, 0) is 0 Å². The lowest BCUT2D eigenvalue weighted by Gasteiger charge is -2.01. The standard InChI is InChI=1S/C9H8FN5O2/c1-17-9-13-8(14-15-9)12-7(16)5-3-2-4-11-6(5)10/h2-4H,1H3,(H2,12,13,14,15,16). The van der Waals surface area contributed by atoms with Gasteiger partial charge in [-0.3, -0.25) is 10.1 Å². The van der Waals surface area contributed by atoms with Gasteiger partial charge in [0.2, 0.25) is 11.9 Å². The average Bonchev–Trinajstić information content (AvgIpc) is 2.77. The van der Waals surface area contributed by atoms with Gasteiger partial charge >= 0.3 is 6.01 Å². The van der Waals surface area contributed by atoms with Gasteiger partial charge in [0.1, 0.15) is 0 Å². The van der Waals surface area contributed by atoms with E-state index in [4.69, 9.17) is 4.74 Å². The van der Waals surface area contributed by atoms with Crippen molar-refractivity contribution in [3.05, 3.63) is 29.8 Å². The van der Waals surface area contributed by atoms with Gasteiger partial charge in [0.25, 0.3) is 5.91 Å². The second-order valence-electron chi connectivity index (χ2n) is 2.97. The third-order valence-electron chi connectivity index (χ3n) is 1.88. The number of hydrogen-bond donors (Lipinski definition) is 2. The molecule has 1 amide bonds. The van der Waals surface area contributed by atoms with Gasteiger partial charge < -0.3 is 4.74 Å². The summed E-state index contributed by atoms with van der Waals surface area (Å²) in [7, 11) is 1.38. The maximum atomic E-state index is 13.2. The van der Waals surface area contributed by atoms with Crippen molar-refractivity contribution in [2.24, 2.45) is 0 Å². The van der Waals surface area contributed by atoms with Gasteiger partial charge in [0, 0.05) is 6.20 Å². The monoisotopic (exact) mass is 237 g/mol. The van der Waals surface area contributed by atoms with E-state index in [0.717, 1.165) is 0 Å². The molecule has 0 fully saturated rings. The van der Waals surface area contributed by atoms with Crippen LogP contribution in [0, 0.1) is 5.95 Å². The fraction of sp³-hybridized carbons (Fsp3) is 0.111. The molecule has 0 bridgehead atoms. The molecule has 2 aromatic heterocycles. The molecule has 0 saturated heterocycles. The maximum Gasteiger partial charge on any atom is 0.336 e. The number of aromatic nitrogens is 4. The summed E-state index contributed by atoms with van der Waals surface area (Å²) < 4.78 is 17.9. The summed E-state index contributed by atoms with van der Waals surface area (Å²) in [5.74, 6) is -1.46. The Morgan fingerprint density at radius 3 is 3.06 bits per heavy atom. The fourth-order valence-electron chi connectivity index (χ4n) is 1.12. The lowest BCUT2D eigenvalue weighted by atomic mass is 10.2. The number of ether oxygens (including phenoxy) is 1. The summed E-state index contributed by atoms with van der Waals surface area (Å²) in [6.45, 7) is 0. The first-order valence-electron chi connectivity index (χ1n) is 4.59. The zero-order valence-electron chi connectivity index (χ0n) is 8.77. The highest BCUT2D eigenvalue weighted by Crippen LogP contribution is 2.08. The Morgan fingerprint density at radius 1 is 1.59 bits per heavy atom. The normalized spacial score (nSPS) is 10.0. The van der Waals surface area contributed by atoms with E-state index in [9.17, 15) is 9.18 Å². The molecule has 2 N–H and O–H groups in total. The summed E-state index contributed by atoms with van der Waals surface area (Å²) in [5, 5.41) is 8.36. The van der Waals surface area contributed by atoms with Crippen LogP contribution in [0.2, 0.25) is 0 Å². The number of amides is 1. The van der Waals surface area contributed by atoms with E-state index in [0.29, 0.717) is 0 Å². The maximum absolute atomic E-state index is 13.2. The predicted octanol–water partition coefficient (Wildman–Crippen LogP) is 0.600. The van der Waals surface area contributed by atoms with Crippen molar-refractivity contribution >= 4 is 11.9 Å². The number of nitrogens with one attached hydrogen (secondary N) is 2. The number of hydrogen-bond acceptors (Lipinski definition) is 5. The van der Waals surface area contributed by atoms with Crippen molar-refractivity contribution in [1.82, 2.24) is 20.2 Å². The van der Waals surface area contributed by atoms with Crippen LogP contribution in [0.3, 0.4) is 0 Å². The molecule has 0 atom stereocenters. The van der Waals surface area contributed by atoms with Crippen molar-refractivity contribution < 1.29 is 13.9 Å². The van der Waals surface area contributed by atoms with Crippen LogP contribution in [0.4, 0.5) is 10.3 Å². The van der Waals surface area contributed by atoms with E-state index in [1.165, 1.54) is 25.4 Å². The quantitative estimate of drug-likeness (QED) is 0.762. The van der Waals surface area contributed by atoms with Crippen LogP contribution < -0.4 is 10.1 Å². The SMILES string of the molecule is COc1n[nH]c(NC(=O)c2cccnc2F)n1. The average molecular weight is 237 g/mol. The topological polar surface area (TPSA) is 92.8 Å². The summed E-state index contributed by atoms with van der Waals surface area (Å²) in [6.07, 6.45) is 1.25. The Labute approximate surface area is 95.0 Å². The molecular weight excluding hydrogens is 229 g/mol. The molecule has 0 aliphatic carbocycles. The van der Waals surface area contributed by atoms with Gasteiger partial charge in [-0.15, -0.1) is 5.10 Å². The number of rotatable bonds is 3. The van der Waals surface area contributed by atoms with E-state index < -0.39 is 11.9 Å². The summed E-state index contributed by atoms with van der Waals surface area (Å²) in [6, 6.07) is 2.84. The number of pyridine rings is 1. The van der Waals surface area contributed by atoms with E-state index in [2.05, 4.69) is 25.5 Å². The second-order valence-corrected chi connectivity index (χ2v) is 2.97. The molecule has 17 heavy (non-hydrogen) atoms. The Bertz CT molecular complexity index is 542. The third kappa shape index (κ3) is 2.36. The van der Waals surface area contributed by atoms with Crippen LogP contribution >= 0.6 is 0 Å². The van der Waals surface area contributed by atoms with Gasteiger partial charge in [-0.05, 0) is 12.1 Å². The zero-order chi connectivity index (χ0) is 12.3. The molecule has 0 aliphatic heterocycles. The number of halogens is 1. The number of H-pyrrole nitrogens is 1. The van der Waals surface area contributed by atoms with Gasteiger partial charge in [-0.1, -0.05) is 0 Å². The van der Waals surface area contributed by atoms with E-state index >= 15 is 0 Å². The molecule has 0 aliphatic rings. The molecule has 0 unspecified atom stereocenters. The van der Waals surface area contributed by atoms with Crippen LogP contribution in [0.25, 0.3) is 0 Å². The van der Waals surface area contributed by atoms with Crippen molar-refractivity contribution in [3.63, 3.8) is 0 Å². The Morgan fingerprint density at radius 2 is 2.41 bits per heavy atom. The predicted molar refractivity (Wildman–Crippen MR) is 55.1 cm³/mol. The number of methoxy groups -OCH3 is 1. The first kappa shape index (κ1) is 11.0. The number of anilines is 1. The van der Waals surface area contributed by atoms with Crippen LogP contribution in [0.5, 0.6) is 6.01 Å². The molecule has 0 aromatic carbocycles. The molecule has 2 rings (SSSR count). The van der Waals surface area contributed by atoms with Gasteiger partial charge in [-0.2, -0.15) is 9.37 Å². The van der Waals surface area contributed by atoms with Crippen molar-refractivity contribution in [3.8, 4) is 6.01 Å². The molecule has 88 valence electrons. The lowest BCUT2D eigenvalue weighted by Crippen LogP contribution is -2.15. The van der Waals surface area contributed by atoms with Crippen molar-refractivity contribution in [2.75, 3.05) is 12.4 Å². The first-order chi connectivity index (χ1) is 8.20. The first-order valence-corrected chi connectivity index (χ1v) is 4.59. The molecule has 2 heterocycles. The van der Waals surface area contributed by atoms with Crippen molar-refractivity contribution in [1.29, 1.82) is 0 Å². The highest BCUT2D eigenvalue weighted by molar-refractivity contribution is 6.03. The Kier molecular flexibility index (Phi) is 2.95. The molecule has 0 radical (unpaired) electrons. The molecule has 0 saturated carbocycles. The Hall–Kier alpha value is -2.51. The van der Waals surface area contributed by atoms with E-state index in [-0.39, 0.29) is 17.5 Å². The summed E-state index contributed by atoms with van der Waals surface area (Å²) >= 11 is 0. The number of aromatic amines is 1. The molecular formula is C9H8FN5O2. The molecule has 2 aromatic rings. The van der Waals surface area contributed by atoms with E-state index in [1.54, 1.807) is 0 Å². The smallest absolute Gasteiger partial charge is 0.336 e.